The van der Waals surface area contributed by atoms with Gasteiger partial charge in [-0.15, -0.1) is 0 Å². The number of sulfonamides is 1. The summed E-state index contributed by atoms with van der Waals surface area (Å²) in [5, 5.41) is 0. The third-order valence-electron chi connectivity index (χ3n) is 4.89. The summed E-state index contributed by atoms with van der Waals surface area (Å²) in [5.41, 5.74) is 3.02. The smallest absolute Gasteiger partial charge is 0.310 e. The Morgan fingerprint density at radius 3 is 2.46 bits per heavy atom. The van der Waals surface area contributed by atoms with Gasteiger partial charge in [-0.05, 0) is 48.1 Å². The Balaban J connectivity index is 1.93. The second-order valence-corrected chi connectivity index (χ2v) is 8.32. The number of aryl methyl sites for hydroxylation is 2. The van der Waals surface area contributed by atoms with Crippen LogP contribution in [0.2, 0.25) is 0 Å². The summed E-state index contributed by atoms with van der Waals surface area (Å²) < 4.78 is 33.5. The molecular formula is C20H23NO4S. The average molecular weight is 373 g/mol. The van der Waals surface area contributed by atoms with Gasteiger partial charge in [0.25, 0.3) is 0 Å². The summed E-state index contributed by atoms with van der Waals surface area (Å²) in [5.74, 6) is -1.12. The minimum atomic E-state index is -3.77. The summed E-state index contributed by atoms with van der Waals surface area (Å²) in [6.07, 6.45) is 2.95. The zero-order chi connectivity index (χ0) is 18.7. The quantitative estimate of drug-likeness (QED) is 0.790. The minimum Gasteiger partial charge on any atom is -0.469 e. The van der Waals surface area contributed by atoms with Crippen molar-refractivity contribution in [2.75, 3.05) is 7.11 Å². The number of benzene rings is 2. The van der Waals surface area contributed by atoms with Gasteiger partial charge in [-0.25, -0.2) is 13.1 Å². The highest BCUT2D eigenvalue weighted by molar-refractivity contribution is 7.89. The van der Waals surface area contributed by atoms with Crippen molar-refractivity contribution in [3.05, 3.63) is 65.2 Å². The number of carbonyl (C=O) groups is 1. The summed E-state index contributed by atoms with van der Waals surface area (Å²) in [6, 6.07) is 13.6. The Bertz CT molecular complexity index is 893. The van der Waals surface area contributed by atoms with E-state index in [1.807, 2.05) is 24.3 Å². The fourth-order valence-electron chi connectivity index (χ4n) is 3.39. The first-order chi connectivity index (χ1) is 12.4. The van der Waals surface area contributed by atoms with Crippen LogP contribution < -0.4 is 4.72 Å². The highest BCUT2D eigenvalue weighted by Crippen LogP contribution is 2.28. The zero-order valence-electron chi connectivity index (χ0n) is 14.9. The fourth-order valence-corrected chi connectivity index (χ4v) is 4.75. The number of rotatable bonds is 6. The van der Waals surface area contributed by atoms with Gasteiger partial charge >= 0.3 is 5.97 Å². The summed E-state index contributed by atoms with van der Waals surface area (Å²) >= 11 is 0. The lowest BCUT2D eigenvalue weighted by Crippen LogP contribution is -2.36. The Kier molecular flexibility index (Phi) is 5.44. The monoisotopic (exact) mass is 373 g/mol. The van der Waals surface area contributed by atoms with E-state index in [1.54, 1.807) is 31.2 Å². The molecule has 0 radical (unpaired) electrons. The molecule has 2 atom stereocenters. The average Bonchev–Trinajstić information content (AvgIpc) is 3.13. The molecule has 138 valence electrons. The van der Waals surface area contributed by atoms with Crippen molar-refractivity contribution in [3.8, 4) is 0 Å². The molecule has 6 heteroatoms. The molecule has 0 bridgehead atoms. The van der Waals surface area contributed by atoms with E-state index in [9.17, 15) is 13.2 Å². The first-order valence-electron chi connectivity index (χ1n) is 8.69. The van der Waals surface area contributed by atoms with E-state index in [0.717, 1.165) is 30.4 Å². The molecule has 1 aliphatic carbocycles. The van der Waals surface area contributed by atoms with E-state index in [0.29, 0.717) is 0 Å². The SMILES string of the molecule is COC(=O)[C@@H](C)[C@H](NS(=O)(=O)c1ccc2c(c1)CCC2)c1ccccc1. The molecule has 0 unspecified atom stereocenters. The predicted molar refractivity (Wildman–Crippen MR) is 99.2 cm³/mol. The van der Waals surface area contributed by atoms with Gasteiger partial charge in [0.2, 0.25) is 10.0 Å². The highest BCUT2D eigenvalue weighted by atomic mass is 32.2. The second kappa shape index (κ2) is 7.60. The van der Waals surface area contributed by atoms with E-state index >= 15 is 0 Å². The molecular weight excluding hydrogens is 350 g/mol. The van der Waals surface area contributed by atoms with Crippen LogP contribution in [0.1, 0.15) is 36.1 Å². The van der Waals surface area contributed by atoms with Gasteiger partial charge in [-0.1, -0.05) is 43.3 Å². The summed E-state index contributed by atoms with van der Waals surface area (Å²) in [4.78, 5) is 12.3. The van der Waals surface area contributed by atoms with Gasteiger partial charge in [0, 0.05) is 0 Å². The van der Waals surface area contributed by atoms with Crippen molar-refractivity contribution in [1.29, 1.82) is 0 Å². The third kappa shape index (κ3) is 3.81. The lowest BCUT2D eigenvalue weighted by atomic mass is 9.95. The molecule has 3 rings (SSSR count). The molecule has 0 aliphatic heterocycles. The second-order valence-electron chi connectivity index (χ2n) is 6.61. The normalized spacial score (nSPS) is 15.9. The standard InChI is InChI=1S/C20H23NO4S/c1-14(20(22)25-2)19(16-7-4-3-5-8-16)21-26(23,24)18-12-11-15-9-6-10-17(15)13-18/h3-5,7-8,11-14,19,21H,6,9-10H2,1-2H3/t14-,19-/m0/s1. The molecule has 0 heterocycles. The maximum absolute atomic E-state index is 13.0. The maximum Gasteiger partial charge on any atom is 0.310 e. The van der Waals surface area contributed by atoms with E-state index < -0.39 is 28.0 Å². The topological polar surface area (TPSA) is 72.5 Å². The molecule has 0 saturated carbocycles. The molecule has 1 N–H and O–H groups in total. The fraction of sp³-hybridized carbons (Fsp3) is 0.350. The number of hydrogen-bond donors (Lipinski definition) is 1. The number of hydrogen-bond acceptors (Lipinski definition) is 4. The Labute approximate surface area is 154 Å². The molecule has 0 aromatic heterocycles. The van der Waals surface area contributed by atoms with Gasteiger partial charge in [0.1, 0.15) is 0 Å². The molecule has 0 amide bonds. The maximum atomic E-state index is 13.0. The number of esters is 1. The van der Waals surface area contributed by atoms with Crippen LogP contribution in [0, 0.1) is 5.92 Å². The summed E-state index contributed by atoms with van der Waals surface area (Å²) in [7, 11) is -2.47. The van der Waals surface area contributed by atoms with Crippen LogP contribution in [-0.4, -0.2) is 21.5 Å². The molecule has 2 aromatic carbocycles. The van der Waals surface area contributed by atoms with Crippen LogP contribution in [0.3, 0.4) is 0 Å². The molecule has 5 nitrogen and oxygen atoms in total. The number of carbonyl (C=O) groups excluding carboxylic acids is 1. The van der Waals surface area contributed by atoms with Gasteiger partial charge < -0.3 is 4.74 Å². The minimum absolute atomic E-state index is 0.233. The van der Waals surface area contributed by atoms with Crippen molar-refractivity contribution in [2.45, 2.75) is 37.1 Å². The van der Waals surface area contributed by atoms with Gasteiger partial charge in [-0.3, -0.25) is 4.79 Å². The van der Waals surface area contributed by atoms with Crippen LogP contribution in [0.15, 0.2) is 53.4 Å². The van der Waals surface area contributed by atoms with Crippen LogP contribution >= 0.6 is 0 Å². The van der Waals surface area contributed by atoms with E-state index in [2.05, 4.69) is 4.72 Å². The zero-order valence-corrected chi connectivity index (χ0v) is 15.8. The summed E-state index contributed by atoms with van der Waals surface area (Å²) in [6.45, 7) is 1.66. The van der Waals surface area contributed by atoms with E-state index in [-0.39, 0.29) is 4.90 Å². The largest absolute Gasteiger partial charge is 0.469 e. The Hall–Kier alpha value is -2.18. The van der Waals surface area contributed by atoms with E-state index in [4.69, 9.17) is 4.74 Å². The van der Waals surface area contributed by atoms with Crippen molar-refractivity contribution >= 4 is 16.0 Å². The van der Waals surface area contributed by atoms with Crippen molar-refractivity contribution in [2.24, 2.45) is 5.92 Å². The van der Waals surface area contributed by atoms with Gasteiger partial charge in [0.15, 0.2) is 0 Å². The molecule has 0 fully saturated rings. The molecule has 0 spiro atoms. The van der Waals surface area contributed by atoms with Crippen molar-refractivity contribution in [3.63, 3.8) is 0 Å². The van der Waals surface area contributed by atoms with Crippen LogP contribution in [0.4, 0.5) is 0 Å². The first-order valence-corrected chi connectivity index (χ1v) is 10.2. The van der Waals surface area contributed by atoms with Gasteiger partial charge in [0.05, 0.1) is 24.0 Å². The first kappa shape index (κ1) is 18.6. The molecule has 0 saturated heterocycles. The Morgan fingerprint density at radius 2 is 1.77 bits per heavy atom. The number of fused-ring (bicyclic) bond motifs is 1. The van der Waals surface area contributed by atoms with E-state index in [1.165, 1.54) is 12.7 Å². The van der Waals surface area contributed by atoms with Crippen molar-refractivity contribution < 1.29 is 17.9 Å². The number of ether oxygens (including phenoxy) is 1. The molecule has 26 heavy (non-hydrogen) atoms. The lowest BCUT2D eigenvalue weighted by Gasteiger charge is -2.24. The van der Waals surface area contributed by atoms with Crippen LogP contribution in [0.25, 0.3) is 0 Å². The predicted octanol–water partition coefficient (Wildman–Crippen LogP) is 3.00. The van der Waals surface area contributed by atoms with Crippen LogP contribution in [-0.2, 0) is 32.4 Å². The third-order valence-corrected chi connectivity index (χ3v) is 6.33. The van der Waals surface area contributed by atoms with Crippen molar-refractivity contribution in [1.82, 2.24) is 4.72 Å². The Morgan fingerprint density at radius 1 is 1.08 bits per heavy atom. The number of nitrogens with one attached hydrogen (secondary N) is 1. The van der Waals surface area contributed by atoms with Gasteiger partial charge in [-0.2, -0.15) is 0 Å². The lowest BCUT2D eigenvalue weighted by molar-refractivity contribution is -0.145. The molecule has 1 aliphatic rings. The van der Waals surface area contributed by atoms with Crippen LogP contribution in [0.5, 0.6) is 0 Å². The molecule has 2 aromatic rings. The number of methoxy groups -OCH3 is 1. The highest BCUT2D eigenvalue weighted by Gasteiger charge is 2.31.